The van der Waals surface area contributed by atoms with Crippen LogP contribution in [0, 0.1) is 0 Å². The van der Waals surface area contributed by atoms with Gasteiger partial charge in [0.25, 0.3) is 11.8 Å². The van der Waals surface area contributed by atoms with Crippen molar-refractivity contribution in [2.75, 3.05) is 5.32 Å². The van der Waals surface area contributed by atoms with Gasteiger partial charge in [-0.2, -0.15) is 13.2 Å². The van der Waals surface area contributed by atoms with Crippen molar-refractivity contribution in [3.63, 3.8) is 0 Å². The lowest BCUT2D eigenvalue weighted by molar-refractivity contribution is -0.136. The van der Waals surface area contributed by atoms with Crippen molar-refractivity contribution in [3.05, 3.63) is 59.4 Å². The molecule has 28 heavy (non-hydrogen) atoms. The van der Waals surface area contributed by atoms with Gasteiger partial charge in [-0.05, 0) is 37.1 Å². The van der Waals surface area contributed by atoms with E-state index in [-0.39, 0.29) is 23.1 Å². The minimum Gasteiger partial charge on any atom is -0.348 e. The van der Waals surface area contributed by atoms with Crippen molar-refractivity contribution in [1.29, 1.82) is 0 Å². The molecule has 1 aromatic heterocycles. The van der Waals surface area contributed by atoms with E-state index < -0.39 is 23.6 Å². The Morgan fingerprint density at radius 1 is 0.893 bits per heavy atom. The molecule has 148 valence electrons. The molecule has 2 N–H and O–H groups in total. The molecule has 2 amide bonds. The highest BCUT2D eigenvalue weighted by Crippen LogP contribution is 2.34. The Hall–Kier alpha value is -2.90. The van der Waals surface area contributed by atoms with Crippen LogP contribution >= 0.6 is 0 Å². The van der Waals surface area contributed by atoms with E-state index in [0.29, 0.717) is 0 Å². The zero-order valence-electron chi connectivity index (χ0n) is 15.1. The third-order valence-corrected chi connectivity index (χ3v) is 4.64. The number of anilines is 1. The molecule has 1 heterocycles. The predicted octanol–water partition coefficient (Wildman–Crippen LogP) is 4.42. The summed E-state index contributed by atoms with van der Waals surface area (Å²) in [4.78, 5) is 28.8. The normalized spacial score (nSPS) is 15.1. The maximum atomic E-state index is 13.1. The number of carbonyl (C=O) groups excluding carboxylic acids is 2. The topological polar surface area (TPSA) is 71.1 Å². The van der Waals surface area contributed by atoms with Gasteiger partial charge in [0.1, 0.15) is 11.4 Å². The van der Waals surface area contributed by atoms with E-state index in [1.54, 1.807) is 0 Å². The van der Waals surface area contributed by atoms with Crippen molar-refractivity contribution in [3.8, 4) is 0 Å². The summed E-state index contributed by atoms with van der Waals surface area (Å²) in [6.07, 6.45) is 0.470. The van der Waals surface area contributed by atoms with E-state index >= 15 is 0 Å². The Morgan fingerprint density at radius 2 is 1.54 bits per heavy atom. The van der Waals surface area contributed by atoms with Gasteiger partial charge in [0.15, 0.2) is 0 Å². The lowest BCUT2D eigenvalue weighted by Gasteiger charge is -2.22. The summed E-state index contributed by atoms with van der Waals surface area (Å²) in [5.74, 6) is -1.21. The third kappa shape index (κ3) is 4.88. The second-order valence-corrected chi connectivity index (χ2v) is 6.71. The van der Waals surface area contributed by atoms with Crippen molar-refractivity contribution in [2.24, 2.45) is 0 Å². The molecular formula is C20H20F3N3O2. The lowest BCUT2D eigenvalue weighted by Crippen LogP contribution is -2.36. The first-order valence-electron chi connectivity index (χ1n) is 9.10. The Morgan fingerprint density at radius 3 is 2.21 bits per heavy atom. The van der Waals surface area contributed by atoms with Crippen molar-refractivity contribution in [1.82, 2.24) is 10.3 Å². The Balaban J connectivity index is 1.73. The summed E-state index contributed by atoms with van der Waals surface area (Å²) >= 11 is 0. The molecule has 3 rings (SSSR count). The number of halogens is 3. The average molecular weight is 391 g/mol. The highest BCUT2D eigenvalue weighted by atomic mass is 19.4. The summed E-state index contributed by atoms with van der Waals surface area (Å²) < 4.78 is 39.2. The Kier molecular flexibility index (Phi) is 5.96. The molecule has 0 unspecified atom stereocenters. The maximum absolute atomic E-state index is 13.1. The standard InChI is InChI=1S/C20H20F3N3O2/c21-20(22,23)14-9-4-5-10-15(14)26-19(28)17-12-6-11-16(25-17)18(27)24-13-7-2-1-3-8-13/h4-6,9-13H,1-3,7-8H2,(H,24,27)(H,26,28). The summed E-state index contributed by atoms with van der Waals surface area (Å²) in [6, 6.07) is 9.07. The molecule has 1 aromatic carbocycles. The number of pyridine rings is 1. The van der Waals surface area contributed by atoms with Crippen LogP contribution in [0.1, 0.15) is 58.6 Å². The van der Waals surface area contributed by atoms with E-state index in [1.165, 1.54) is 36.4 Å². The van der Waals surface area contributed by atoms with Gasteiger partial charge in [-0.3, -0.25) is 9.59 Å². The molecule has 1 saturated carbocycles. The number of nitrogens with one attached hydrogen (secondary N) is 2. The largest absolute Gasteiger partial charge is 0.418 e. The van der Waals surface area contributed by atoms with E-state index in [0.717, 1.165) is 38.2 Å². The van der Waals surface area contributed by atoms with Gasteiger partial charge in [0.2, 0.25) is 0 Å². The molecule has 0 atom stereocenters. The van der Waals surface area contributed by atoms with Crippen LogP contribution in [-0.4, -0.2) is 22.8 Å². The second-order valence-electron chi connectivity index (χ2n) is 6.71. The molecule has 8 heteroatoms. The number of para-hydroxylation sites is 1. The molecule has 1 aliphatic rings. The Bertz CT molecular complexity index is 862. The van der Waals surface area contributed by atoms with Crippen molar-refractivity contribution in [2.45, 2.75) is 44.3 Å². The zero-order valence-corrected chi connectivity index (χ0v) is 15.1. The molecule has 0 spiro atoms. The predicted molar refractivity (Wildman–Crippen MR) is 98.0 cm³/mol. The molecule has 0 bridgehead atoms. The SMILES string of the molecule is O=C(Nc1ccccc1C(F)(F)F)c1cccc(C(=O)NC2CCCCC2)n1. The molecule has 1 fully saturated rings. The van der Waals surface area contributed by atoms with Crippen LogP contribution in [0.3, 0.4) is 0 Å². The van der Waals surface area contributed by atoms with Gasteiger partial charge in [-0.15, -0.1) is 0 Å². The maximum Gasteiger partial charge on any atom is 0.418 e. The minimum atomic E-state index is -4.60. The average Bonchev–Trinajstić information content (AvgIpc) is 2.68. The fourth-order valence-corrected chi connectivity index (χ4v) is 3.22. The number of rotatable bonds is 4. The number of hydrogen-bond donors (Lipinski definition) is 2. The van der Waals surface area contributed by atoms with Crippen LogP contribution in [0.2, 0.25) is 0 Å². The smallest absolute Gasteiger partial charge is 0.348 e. The van der Waals surface area contributed by atoms with Crippen LogP contribution in [0.5, 0.6) is 0 Å². The van der Waals surface area contributed by atoms with Gasteiger partial charge in [-0.1, -0.05) is 37.5 Å². The zero-order chi connectivity index (χ0) is 20.1. The van der Waals surface area contributed by atoms with Gasteiger partial charge in [-0.25, -0.2) is 4.98 Å². The summed E-state index contributed by atoms with van der Waals surface area (Å²) in [7, 11) is 0. The van der Waals surface area contributed by atoms with Gasteiger partial charge in [0, 0.05) is 6.04 Å². The molecular weight excluding hydrogens is 371 g/mol. The Labute approximate surface area is 160 Å². The monoisotopic (exact) mass is 391 g/mol. The van der Waals surface area contributed by atoms with Crippen molar-refractivity contribution >= 4 is 17.5 Å². The number of nitrogens with zero attached hydrogens (tertiary/aromatic N) is 1. The number of benzene rings is 1. The fraction of sp³-hybridized carbons (Fsp3) is 0.350. The third-order valence-electron chi connectivity index (χ3n) is 4.64. The molecule has 0 radical (unpaired) electrons. The number of aromatic nitrogens is 1. The van der Waals surface area contributed by atoms with Crippen LogP contribution < -0.4 is 10.6 Å². The second kappa shape index (κ2) is 8.41. The quantitative estimate of drug-likeness (QED) is 0.811. The highest BCUT2D eigenvalue weighted by Gasteiger charge is 2.33. The summed E-state index contributed by atoms with van der Waals surface area (Å²) in [5.41, 5.74) is -1.39. The van der Waals surface area contributed by atoms with Gasteiger partial charge < -0.3 is 10.6 Å². The molecule has 0 aliphatic heterocycles. The molecule has 5 nitrogen and oxygen atoms in total. The number of carbonyl (C=O) groups is 2. The molecule has 1 aliphatic carbocycles. The van der Waals surface area contributed by atoms with Crippen molar-refractivity contribution < 1.29 is 22.8 Å². The van der Waals surface area contributed by atoms with E-state index in [9.17, 15) is 22.8 Å². The number of alkyl halides is 3. The minimum absolute atomic E-state index is 0.0577. The number of hydrogen-bond acceptors (Lipinski definition) is 3. The highest BCUT2D eigenvalue weighted by molar-refractivity contribution is 6.04. The van der Waals surface area contributed by atoms with E-state index in [4.69, 9.17) is 0 Å². The van der Waals surface area contributed by atoms with Crippen LogP contribution in [-0.2, 0) is 6.18 Å². The first-order valence-corrected chi connectivity index (χ1v) is 9.10. The lowest BCUT2D eigenvalue weighted by atomic mass is 9.95. The van der Waals surface area contributed by atoms with Crippen LogP contribution in [0.15, 0.2) is 42.5 Å². The summed E-state index contributed by atoms with van der Waals surface area (Å²) in [5, 5.41) is 5.13. The van der Waals surface area contributed by atoms with E-state index in [1.807, 2.05) is 0 Å². The first-order chi connectivity index (χ1) is 13.3. The number of amides is 2. The first kappa shape index (κ1) is 19.9. The van der Waals surface area contributed by atoms with Crippen LogP contribution in [0.25, 0.3) is 0 Å². The van der Waals surface area contributed by atoms with Crippen LogP contribution in [0.4, 0.5) is 18.9 Å². The summed E-state index contributed by atoms with van der Waals surface area (Å²) in [6.45, 7) is 0. The molecule has 2 aromatic rings. The van der Waals surface area contributed by atoms with E-state index in [2.05, 4.69) is 15.6 Å². The van der Waals surface area contributed by atoms with Gasteiger partial charge >= 0.3 is 6.18 Å². The fourth-order valence-electron chi connectivity index (χ4n) is 3.22. The van der Waals surface area contributed by atoms with Gasteiger partial charge in [0.05, 0.1) is 11.3 Å². The molecule has 0 saturated heterocycles.